The second-order valence-corrected chi connectivity index (χ2v) is 8.81. The molecule has 0 spiro atoms. The summed E-state index contributed by atoms with van der Waals surface area (Å²) < 4.78 is 34.4. The molecule has 1 unspecified atom stereocenters. The Kier molecular flexibility index (Phi) is 11.1. The Bertz CT molecular complexity index is 1020. The van der Waals surface area contributed by atoms with Crippen LogP contribution < -0.4 is 14.2 Å². The van der Waals surface area contributed by atoms with Gasteiger partial charge in [0.05, 0.1) is 25.9 Å². The van der Waals surface area contributed by atoms with E-state index in [9.17, 15) is 24.2 Å². The van der Waals surface area contributed by atoms with E-state index >= 15 is 0 Å². The van der Waals surface area contributed by atoms with E-state index in [0.717, 1.165) is 0 Å². The molecule has 1 aliphatic rings. The molecule has 2 aromatic carbocycles. The molecule has 0 saturated heterocycles. The van der Waals surface area contributed by atoms with E-state index < -0.39 is 24.2 Å². The van der Waals surface area contributed by atoms with Crippen LogP contribution in [0.3, 0.4) is 0 Å². The number of unbranched alkanes of at least 4 members (excludes halogenated alkanes) is 1. The predicted molar refractivity (Wildman–Crippen MR) is 133 cm³/mol. The quantitative estimate of drug-likeness (QED) is 0.170. The molecule has 1 aliphatic carbocycles. The van der Waals surface area contributed by atoms with Crippen molar-refractivity contribution in [3.8, 4) is 17.2 Å². The van der Waals surface area contributed by atoms with Gasteiger partial charge in [-0.25, -0.2) is 4.39 Å². The highest BCUT2D eigenvalue weighted by atomic mass is 19.1. The van der Waals surface area contributed by atoms with Crippen molar-refractivity contribution in [2.75, 3.05) is 20.3 Å². The summed E-state index contributed by atoms with van der Waals surface area (Å²) in [7, 11) is 1.56. The smallest absolute Gasteiger partial charge is 0.311 e. The van der Waals surface area contributed by atoms with E-state index in [4.69, 9.17) is 18.9 Å². The average molecular weight is 517 g/mol. The molecule has 200 valence electrons. The molecule has 0 radical (unpaired) electrons. The lowest BCUT2D eigenvalue weighted by atomic mass is 9.99. The highest BCUT2D eigenvalue weighted by molar-refractivity contribution is 5.85. The molecule has 0 aromatic heterocycles. The minimum atomic E-state index is -0.984. The van der Waals surface area contributed by atoms with Gasteiger partial charge in [-0.3, -0.25) is 9.59 Å². The van der Waals surface area contributed by atoms with Gasteiger partial charge in [0, 0.05) is 18.8 Å². The summed E-state index contributed by atoms with van der Waals surface area (Å²) in [5.41, 5.74) is 0. The fourth-order valence-electron chi connectivity index (χ4n) is 3.96. The number of methoxy groups -OCH3 is 1. The number of ether oxygens (including phenoxy) is 4. The van der Waals surface area contributed by atoms with E-state index in [-0.39, 0.29) is 43.6 Å². The van der Waals surface area contributed by atoms with Gasteiger partial charge >= 0.3 is 5.97 Å². The van der Waals surface area contributed by atoms with Crippen molar-refractivity contribution in [3.63, 3.8) is 0 Å². The highest BCUT2D eigenvalue weighted by Gasteiger charge is 2.41. The molecule has 9 heteroatoms. The summed E-state index contributed by atoms with van der Waals surface area (Å²) in [6.45, 7) is -0.194. The van der Waals surface area contributed by atoms with Gasteiger partial charge in [-0.15, -0.1) is 0 Å². The van der Waals surface area contributed by atoms with Gasteiger partial charge < -0.3 is 29.2 Å². The Morgan fingerprint density at radius 3 is 2.43 bits per heavy atom. The van der Waals surface area contributed by atoms with Crippen LogP contribution in [0.2, 0.25) is 0 Å². The lowest BCUT2D eigenvalue weighted by molar-refractivity contribution is -0.134. The topological polar surface area (TPSA) is 112 Å². The predicted octanol–water partition coefficient (Wildman–Crippen LogP) is 3.63. The van der Waals surface area contributed by atoms with Crippen molar-refractivity contribution < 1.29 is 43.1 Å². The minimum Gasteiger partial charge on any atom is -0.497 e. The van der Waals surface area contributed by atoms with E-state index in [1.165, 1.54) is 24.3 Å². The van der Waals surface area contributed by atoms with E-state index in [0.29, 0.717) is 36.5 Å². The van der Waals surface area contributed by atoms with Crippen molar-refractivity contribution in [2.24, 2.45) is 5.92 Å². The Morgan fingerprint density at radius 2 is 1.73 bits per heavy atom. The van der Waals surface area contributed by atoms with Gasteiger partial charge in [0.2, 0.25) is 0 Å². The van der Waals surface area contributed by atoms with Crippen molar-refractivity contribution >= 4 is 11.8 Å². The number of hydrogen-bond donors (Lipinski definition) is 2. The third kappa shape index (κ3) is 9.27. The number of carbonyl (C=O) groups excluding carboxylic acids is 2. The van der Waals surface area contributed by atoms with Crippen LogP contribution in [0, 0.1) is 11.7 Å². The Balaban J connectivity index is 1.35. The van der Waals surface area contributed by atoms with Crippen LogP contribution in [0.15, 0.2) is 60.7 Å². The van der Waals surface area contributed by atoms with Crippen LogP contribution in [0.4, 0.5) is 4.39 Å². The molecule has 0 amide bonds. The summed E-state index contributed by atoms with van der Waals surface area (Å²) in [5, 5.41) is 20.4. The zero-order chi connectivity index (χ0) is 26.6. The highest BCUT2D eigenvalue weighted by Crippen LogP contribution is 2.29. The van der Waals surface area contributed by atoms with Gasteiger partial charge in [-0.1, -0.05) is 12.2 Å². The third-order valence-electron chi connectivity index (χ3n) is 5.94. The summed E-state index contributed by atoms with van der Waals surface area (Å²) in [5.74, 6) is 0.217. The molecule has 4 atom stereocenters. The van der Waals surface area contributed by atoms with Crippen LogP contribution in [0.1, 0.15) is 32.1 Å². The maximum atomic E-state index is 13.0. The number of allylic oxidation sites excluding steroid dienone is 2. The minimum absolute atomic E-state index is 0.00253. The second-order valence-electron chi connectivity index (χ2n) is 8.81. The number of Topliss-reactive ketones (excluding diaryl/α,β-unsaturated/α-hetero) is 1. The number of benzene rings is 2. The number of rotatable bonds is 14. The monoisotopic (exact) mass is 516 g/mol. The van der Waals surface area contributed by atoms with Crippen LogP contribution in [0.5, 0.6) is 17.2 Å². The van der Waals surface area contributed by atoms with E-state index in [1.54, 1.807) is 31.4 Å². The van der Waals surface area contributed by atoms with Gasteiger partial charge in [-0.05, 0) is 67.8 Å². The molecule has 37 heavy (non-hydrogen) atoms. The van der Waals surface area contributed by atoms with Crippen LogP contribution in [-0.4, -0.2) is 60.6 Å². The Hall–Kier alpha value is -3.27. The molecule has 0 aliphatic heterocycles. The van der Waals surface area contributed by atoms with Gasteiger partial charge in [0.1, 0.15) is 41.6 Å². The van der Waals surface area contributed by atoms with Crippen LogP contribution in [0.25, 0.3) is 0 Å². The molecule has 1 fully saturated rings. The Morgan fingerprint density at radius 1 is 1.05 bits per heavy atom. The molecule has 0 bridgehead atoms. The number of ketones is 1. The van der Waals surface area contributed by atoms with Gasteiger partial charge in [-0.2, -0.15) is 0 Å². The maximum absolute atomic E-state index is 13.0. The third-order valence-corrected chi connectivity index (χ3v) is 5.94. The fraction of sp³-hybridized carbons (Fsp3) is 0.429. The number of halogens is 1. The largest absolute Gasteiger partial charge is 0.497 e. The molecule has 2 aromatic rings. The lowest BCUT2D eigenvalue weighted by Crippen LogP contribution is -2.34. The summed E-state index contributed by atoms with van der Waals surface area (Å²) >= 11 is 0. The van der Waals surface area contributed by atoms with Gasteiger partial charge in [0.25, 0.3) is 0 Å². The first-order chi connectivity index (χ1) is 17.9. The normalized spacial score (nSPS) is 20.2. The van der Waals surface area contributed by atoms with Crippen LogP contribution >= 0.6 is 0 Å². The van der Waals surface area contributed by atoms with Crippen molar-refractivity contribution in [2.45, 2.75) is 50.4 Å². The van der Waals surface area contributed by atoms with Crippen molar-refractivity contribution in [1.82, 2.24) is 0 Å². The first-order valence-electron chi connectivity index (χ1n) is 12.2. The first-order valence-corrected chi connectivity index (χ1v) is 12.2. The summed E-state index contributed by atoms with van der Waals surface area (Å²) in [4.78, 5) is 24.3. The SMILES string of the molecule is COc1ccc(OC(=O)CCC/C=C\C[C@H]2C(=O)C[C@@H](O)[C@@H]2OCC(O)COc2ccc(F)cc2)cc1. The molecule has 3 rings (SSSR count). The maximum Gasteiger partial charge on any atom is 0.311 e. The Labute approximate surface area is 215 Å². The second kappa shape index (κ2) is 14.5. The van der Waals surface area contributed by atoms with Crippen LogP contribution in [-0.2, 0) is 14.3 Å². The lowest BCUT2D eigenvalue weighted by Gasteiger charge is -2.22. The number of carbonyl (C=O) groups is 2. The number of hydrogen-bond acceptors (Lipinski definition) is 8. The zero-order valence-corrected chi connectivity index (χ0v) is 20.8. The molecular formula is C28H33FO8. The van der Waals surface area contributed by atoms with Gasteiger partial charge in [0.15, 0.2) is 0 Å². The molecule has 8 nitrogen and oxygen atoms in total. The van der Waals surface area contributed by atoms with E-state index in [1.807, 2.05) is 12.2 Å². The van der Waals surface area contributed by atoms with Crippen molar-refractivity contribution in [3.05, 3.63) is 66.5 Å². The molecule has 2 N–H and O–H groups in total. The summed E-state index contributed by atoms with van der Waals surface area (Å²) in [6, 6.07) is 12.2. The molecular weight excluding hydrogens is 483 g/mol. The molecule has 1 saturated carbocycles. The first kappa shape index (κ1) is 28.3. The zero-order valence-electron chi connectivity index (χ0n) is 20.8. The fourth-order valence-corrected chi connectivity index (χ4v) is 3.96. The van der Waals surface area contributed by atoms with E-state index in [2.05, 4.69) is 0 Å². The summed E-state index contributed by atoms with van der Waals surface area (Å²) in [6.07, 6.45) is 2.95. The van der Waals surface area contributed by atoms with Crippen molar-refractivity contribution in [1.29, 1.82) is 0 Å². The number of esters is 1. The number of aliphatic hydroxyl groups excluding tert-OH is 2. The number of aliphatic hydroxyl groups is 2. The molecule has 0 heterocycles. The standard InChI is InChI=1S/C28H33FO8/c1-34-21-12-14-23(15-13-21)37-27(33)7-5-3-2-4-6-24-25(31)16-26(32)28(24)36-18-20(30)17-35-22-10-8-19(29)9-11-22/h2,4,8-15,20,24,26,28,30,32H,3,5-7,16-18H2,1H3/b4-2-/t20?,24-,26+,28+/m0/s1. The average Bonchev–Trinajstić information content (AvgIpc) is 3.16.